The molecule has 2 aromatic heterocycles. The Morgan fingerprint density at radius 3 is 2.95 bits per heavy atom. The highest BCUT2D eigenvalue weighted by atomic mass is 15.3. The highest BCUT2D eigenvalue weighted by Crippen LogP contribution is 2.19. The molecule has 0 aromatic carbocycles. The monoisotopic (exact) mass is 273 g/mol. The maximum atomic E-state index is 4.43. The molecule has 0 unspecified atom stereocenters. The number of imidazole rings is 1. The lowest BCUT2D eigenvalue weighted by Gasteiger charge is -2.42. The molecule has 5 heteroatoms. The van der Waals surface area contributed by atoms with E-state index in [0.29, 0.717) is 12.0 Å². The highest BCUT2D eigenvalue weighted by Gasteiger charge is 2.28. The molecule has 1 aliphatic rings. The predicted molar refractivity (Wildman–Crippen MR) is 79.5 cm³/mol. The Morgan fingerprint density at radius 2 is 2.15 bits per heavy atom. The average Bonchev–Trinajstić information content (AvgIpc) is 2.84. The van der Waals surface area contributed by atoms with Crippen molar-refractivity contribution in [2.75, 3.05) is 26.7 Å². The van der Waals surface area contributed by atoms with Gasteiger partial charge in [-0.05, 0) is 13.0 Å². The zero-order valence-corrected chi connectivity index (χ0v) is 12.5. The summed E-state index contributed by atoms with van der Waals surface area (Å²) in [6.07, 6.45) is 7.61. The first-order chi connectivity index (χ1) is 9.65. The molecule has 0 amide bonds. The van der Waals surface area contributed by atoms with Crippen molar-refractivity contribution in [2.45, 2.75) is 26.4 Å². The van der Waals surface area contributed by atoms with Gasteiger partial charge in [-0.15, -0.1) is 0 Å². The van der Waals surface area contributed by atoms with Gasteiger partial charge < -0.3 is 4.90 Å². The third kappa shape index (κ3) is 2.55. The fourth-order valence-electron chi connectivity index (χ4n) is 3.04. The summed E-state index contributed by atoms with van der Waals surface area (Å²) >= 11 is 0. The van der Waals surface area contributed by atoms with Crippen LogP contribution in [0.3, 0.4) is 0 Å². The Bertz CT molecular complexity index is 576. The third-order valence-corrected chi connectivity index (χ3v) is 4.27. The van der Waals surface area contributed by atoms with Crippen LogP contribution in [0.2, 0.25) is 0 Å². The van der Waals surface area contributed by atoms with Crippen molar-refractivity contribution in [3.8, 4) is 0 Å². The quantitative estimate of drug-likeness (QED) is 0.849. The normalized spacial score (nSPS) is 21.9. The van der Waals surface area contributed by atoms with Crippen LogP contribution in [0.5, 0.6) is 0 Å². The first-order valence-electron chi connectivity index (χ1n) is 7.33. The summed E-state index contributed by atoms with van der Waals surface area (Å²) < 4.78 is 2.14. The minimum absolute atomic E-state index is 0.612. The van der Waals surface area contributed by atoms with Crippen molar-refractivity contribution in [3.05, 3.63) is 30.5 Å². The summed E-state index contributed by atoms with van der Waals surface area (Å²) in [5.74, 6) is 0.665. The van der Waals surface area contributed by atoms with Crippen molar-refractivity contribution >= 4 is 5.65 Å². The molecule has 3 rings (SSSR count). The molecule has 3 heterocycles. The maximum absolute atomic E-state index is 4.43. The maximum Gasteiger partial charge on any atom is 0.155 e. The van der Waals surface area contributed by atoms with Crippen LogP contribution in [0, 0.1) is 5.92 Å². The number of fused-ring (bicyclic) bond motifs is 1. The average molecular weight is 273 g/mol. The van der Waals surface area contributed by atoms with Gasteiger partial charge in [0.25, 0.3) is 0 Å². The number of nitrogens with zero attached hydrogens (tertiary/aromatic N) is 5. The van der Waals surface area contributed by atoms with Gasteiger partial charge in [-0.1, -0.05) is 13.8 Å². The molecule has 20 heavy (non-hydrogen) atoms. The van der Waals surface area contributed by atoms with E-state index < -0.39 is 0 Å². The van der Waals surface area contributed by atoms with Crippen molar-refractivity contribution in [2.24, 2.45) is 5.92 Å². The second-order valence-corrected chi connectivity index (χ2v) is 6.10. The SMILES string of the molecule is CC(C)[C@H]1CN(C)CCN1Cc1cnc2cnccn12. The topological polar surface area (TPSA) is 36.7 Å². The molecular formula is C15H23N5. The second kappa shape index (κ2) is 5.50. The van der Waals surface area contributed by atoms with Crippen LogP contribution in [0.4, 0.5) is 0 Å². The van der Waals surface area contributed by atoms with Crippen LogP contribution in [-0.2, 0) is 6.54 Å². The minimum Gasteiger partial charge on any atom is -0.304 e. The van der Waals surface area contributed by atoms with Gasteiger partial charge in [0.05, 0.1) is 18.1 Å². The van der Waals surface area contributed by atoms with Gasteiger partial charge in [-0.3, -0.25) is 14.3 Å². The number of likely N-dealkylation sites (N-methyl/N-ethyl adjacent to an activating group) is 1. The Kier molecular flexibility index (Phi) is 3.72. The van der Waals surface area contributed by atoms with Gasteiger partial charge in [0, 0.05) is 44.6 Å². The van der Waals surface area contributed by atoms with E-state index in [1.807, 2.05) is 24.8 Å². The predicted octanol–water partition coefficient (Wildman–Crippen LogP) is 1.50. The van der Waals surface area contributed by atoms with Gasteiger partial charge >= 0.3 is 0 Å². The summed E-state index contributed by atoms with van der Waals surface area (Å²) in [6, 6.07) is 0.612. The highest BCUT2D eigenvalue weighted by molar-refractivity contribution is 5.36. The van der Waals surface area contributed by atoms with Crippen molar-refractivity contribution < 1.29 is 0 Å². The number of hydrogen-bond acceptors (Lipinski definition) is 4. The van der Waals surface area contributed by atoms with Gasteiger partial charge in [-0.25, -0.2) is 4.98 Å². The first kappa shape index (κ1) is 13.5. The molecule has 0 N–H and O–H groups in total. The van der Waals surface area contributed by atoms with Crippen LogP contribution < -0.4 is 0 Å². The van der Waals surface area contributed by atoms with E-state index in [-0.39, 0.29) is 0 Å². The lowest BCUT2D eigenvalue weighted by molar-refractivity contribution is 0.0559. The van der Waals surface area contributed by atoms with Gasteiger partial charge in [-0.2, -0.15) is 0 Å². The van der Waals surface area contributed by atoms with Crippen molar-refractivity contribution in [1.29, 1.82) is 0 Å². The standard InChI is InChI=1S/C15H23N5/c1-12(2)14-11-18(3)6-7-19(14)10-13-8-17-15-9-16-4-5-20(13)15/h4-5,8-9,12,14H,6-7,10-11H2,1-3H3/t14-/m1/s1. The van der Waals surface area contributed by atoms with E-state index in [2.05, 4.69) is 45.1 Å². The molecule has 1 saturated heterocycles. The molecule has 108 valence electrons. The molecular weight excluding hydrogens is 250 g/mol. The molecule has 1 aliphatic heterocycles. The van der Waals surface area contributed by atoms with Crippen LogP contribution >= 0.6 is 0 Å². The Labute approximate surface area is 120 Å². The second-order valence-electron chi connectivity index (χ2n) is 6.10. The lowest BCUT2D eigenvalue weighted by Crippen LogP contribution is -2.53. The fourth-order valence-corrected chi connectivity index (χ4v) is 3.04. The number of rotatable bonds is 3. The summed E-state index contributed by atoms with van der Waals surface area (Å²) in [6.45, 7) is 9.00. The van der Waals surface area contributed by atoms with E-state index in [1.165, 1.54) is 5.69 Å². The molecule has 1 atom stereocenters. The van der Waals surface area contributed by atoms with E-state index in [0.717, 1.165) is 31.8 Å². The molecule has 0 aliphatic carbocycles. The third-order valence-electron chi connectivity index (χ3n) is 4.27. The van der Waals surface area contributed by atoms with E-state index in [9.17, 15) is 0 Å². The van der Waals surface area contributed by atoms with Gasteiger partial charge in [0.2, 0.25) is 0 Å². The van der Waals surface area contributed by atoms with Crippen LogP contribution in [0.25, 0.3) is 5.65 Å². The minimum atomic E-state index is 0.612. The van der Waals surface area contributed by atoms with Crippen LogP contribution in [-0.4, -0.2) is 56.9 Å². The smallest absolute Gasteiger partial charge is 0.155 e. The first-order valence-corrected chi connectivity index (χ1v) is 7.33. The Morgan fingerprint density at radius 1 is 1.30 bits per heavy atom. The molecule has 0 radical (unpaired) electrons. The van der Waals surface area contributed by atoms with E-state index in [4.69, 9.17) is 0 Å². The molecule has 0 saturated carbocycles. The van der Waals surface area contributed by atoms with E-state index >= 15 is 0 Å². The van der Waals surface area contributed by atoms with Crippen molar-refractivity contribution in [1.82, 2.24) is 24.2 Å². The van der Waals surface area contributed by atoms with Gasteiger partial charge in [0.1, 0.15) is 0 Å². The summed E-state index contributed by atoms with van der Waals surface area (Å²) in [4.78, 5) is 13.6. The Balaban J connectivity index is 1.82. The zero-order chi connectivity index (χ0) is 14.1. The molecule has 0 bridgehead atoms. The van der Waals surface area contributed by atoms with Gasteiger partial charge in [0.15, 0.2) is 5.65 Å². The molecule has 0 spiro atoms. The number of aromatic nitrogens is 3. The van der Waals surface area contributed by atoms with Crippen LogP contribution in [0.1, 0.15) is 19.5 Å². The van der Waals surface area contributed by atoms with Crippen molar-refractivity contribution in [3.63, 3.8) is 0 Å². The number of piperazine rings is 1. The Hall–Kier alpha value is -1.46. The molecule has 2 aromatic rings. The molecule has 1 fully saturated rings. The fraction of sp³-hybridized carbons (Fsp3) is 0.600. The van der Waals surface area contributed by atoms with E-state index in [1.54, 1.807) is 0 Å². The number of hydrogen-bond donors (Lipinski definition) is 0. The largest absolute Gasteiger partial charge is 0.304 e. The summed E-state index contributed by atoms with van der Waals surface area (Å²) in [5, 5.41) is 0. The lowest BCUT2D eigenvalue weighted by atomic mass is 9.99. The summed E-state index contributed by atoms with van der Waals surface area (Å²) in [5.41, 5.74) is 2.18. The summed E-state index contributed by atoms with van der Waals surface area (Å²) in [7, 11) is 2.21. The van der Waals surface area contributed by atoms with Crippen LogP contribution in [0.15, 0.2) is 24.8 Å². The molecule has 5 nitrogen and oxygen atoms in total. The zero-order valence-electron chi connectivity index (χ0n) is 12.5.